The first-order valence-corrected chi connectivity index (χ1v) is 4.32. The summed E-state index contributed by atoms with van der Waals surface area (Å²) < 4.78 is 4.68. The van der Waals surface area contributed by atoms with Crippen molar-refractivity contribution in [2.75, 3.05) is 6.61 Å². The number of esters is 1. The number of hydrogen-bond acceptors (Lipinski definition) is 6. The lowest BCUT2D eigenvalue weighted by Crippen LogP contribution is -2.17. The lowest BCUT2D eigenvalue weighted by atomic mass is 10.4. The first-order chi connectivity index (χ1) is 7.11. The Labute approximate surface area is 85.4 Å². The van der Waals surface area contributed by atoms with Gasteiger partial charge in [0.25, 0.3) is 0 Å². The molecule has 0 bridgehead atoms. The van der Waals surface area contributed by atoms with E-state index in [1.54, 1.807) is 6.92 Å². The van der Waals surface area contributed by atoms with E-state index < -0.39 is 11.9 Å². The van der Waals surface area contributed by atoms with Crippen molar-refractivity contribution in [3.05, 3.63) is 5.82 Å². The molecule has 0 aromatic carbocycles. The third-order valence-electron chi connectivity index (χ3n) is 1.40. The molecule has 0 unspecified atom stereocenters. The number of tetrazole rings is 1. The van der Waals surface area contributed by atoms with Gasteiger partial charge in [0.1, 0.15) is 0 Å². The highest BCUT2D eigenvalue weighted by molar-refractivity contribution is 5.75. The number of carbonyl (C=O) groups excluding carboxylic acids is 2. The minimum Gasteiger partial charge on any atom is -0.465 e. The van der Waals surface area contributed by atoms with Gasteiger partial charge in [-0.05, 0) is 12.1 Å². The molecule has 1 heterocycles. The summed E-state index contributed by atoms with van der Waals surface area (Å²) in [6.45, 7) is 1.87. The molecule has 2 N–H and O–H groups in total. The average molecular weight is 213 g/mol. The minimum atomic E-state index is -0.550. The number of aromatic nitrogens is 4. The van der Waals surface area contributed by atoms with Gasteiger partial charge in [0.15, 0.2) is 12.4 Å². The lowest BCUT2D eigenvalue weighted by molar-refractivity contribution is -0.144. The third-order valence-corrected chi connectivity index (χ3v) is 1.40. The summed E-state index contributed by atoms with van der Waals surface area (Å²) in [5.41, 5.74) is 4.94. The van der Waals surface area contributed by atoms with Gasteiger partial charge in [-0.15, -0.1) is 10.2 Å². The van der Waals surface area contributed by atoms with Crippen molar-refractivity contribution in [1.82, 2.24) is 20.2 Å². The first-order valence-electron chi connectivity index (χ1n) is 4.32. The predicted octanol–water partition coefficient (Wildman–Crippen LogP) is -1.74. The van der Waals surface area contributed by atoms with Crippen LogP contribution in [0.2, 0.25) is 0 Å². The summed E-state index contributed by atoms with van der Waals surface area (Å²) >= 11 is 0. The lowest BCUT2D eigenvalue weighted by Gasteiger charge is -1.98. The van der Waals surface area contributed by atoms with E-state index in [0.29, 0.717) is 6.61 Å². The minimum absolute atomic E-state index is 0.0944. The highest BCUT2D eigenvalue weighted by Gasteiger charge is 2.09. The Balaban J connectivity index is 2.52. The third kappa shape index (κ3) is 3.71. The van der Waals surface area contributed by atoms with E-state index in [4.69, 9.17) is 5.73 Å². The molecule has 0 spiro atoms. The molecule has 0 saturated carbocycles. The fraction of sp³-hybridized carbons (Fsp3) is 0.571. The molecule has 15 heavy (non-hydrogen) atoms. The molecule has 1 amide bonds. The summed E-state index contributed by atoms with van der Waals surface area (Å²) in [5.74, 6) is -0.821. The summed E-state index contributed by atoms with van der Waals surface area (Å²) in [4.78, 5) is 22.6. The second kappa shape index (κ2) is 5.03. The van der Waals surface area contributed by atoms with E-state index in [1.165, 1.54) is 0 Å². The number of hydrogen-bond donors (Lipinski definition) is 1. The van der Waals surface area contributed by atoms with Crippen molar-refractivity contribution in [3.8, 4) is 0 Å². The molecule has 82 valence electrons. The fourth-order valence-electron chi connectivity index (χ4n) is 0.892. The van der Waals surface area contributed by atoms with Crippen molar-refractivity contribution in [3.63, 3.8) is 0 Å². The van der Waals surface area contributed by atoms with E-state index >= 15 is 0 Å². The van der Waals surface area contributed by atoms with Gasteiger partial charge in [-0.3, -0.25) is 4.79 Å². The molecular weight excluding hydrogens is 202 g/mol. The van der Waals surface area contributed by atoms with Crippen LogP contribution in [0.3, 0.4) is 0 Å². The molecule has 0 aliphatic rings. The Kier molecular flexibility index (Phi) is 3.72. The van der Waals surface area contributed by atoms with Crippen molar-refractivity contribution in [1.29, 1.82) is 0 Å². The molecule has 8 nitrogen and oxygen atoms in total. The highest BCUT2D eigenvalue weighted by atomic mass is 16.5. The predicted molar refractivity (Wildman–Crippen MR) is 47.3 cm³/mol. The van der Waals surface area contributed by atoms with Crippen LogP contribution in [0.4, 0.5) is 0 Å². The Morgan fingerprint density at radius 1 is 1.53 bits per heavy atom. The molecule has 1 aromatic rings. The maximum atomic E-state index is 11.0. The summed E-state index contributed by atoms with van der Waals surface area (Å²) in [7, 11) is 0. The van der Waals surface area contributed by atoms with Gasteiger partial charge >= 0.3 is 5.97 Å². The Morgan fingerprint density at radius 2 is 2.27 bits per heavy atom. The van der Waals surface area contributed by atoms with Crippen LogP contribution in [0, 0.1) is 0 Å². The number of amides is 1. The molecule has 0 saturated heterocycles. The van der Waals surface area contributed by atoms with E-state index in [2.05, 4.69) is 20.1 Å². The number of nitrogens with two attached hydrogens (primary N) is 1. The topological polar surface area (TPSA) is 113 Å². The zero-order chi connectivity index (χ0) is 11.3. The van der Waals surface area contributed by atoms with Crippen LogP contribution in [0.1, 0.15) is 12.7 Å². The van der Waals surface area contributed by atoms with E-state index in [-0.39, 0.29) is 18.8 Å². The van der Waals surface area contributed by atoms with Crippen molar-refractivity contribution in [2.24, 2.45) is 5.73 Å². The highest BCUT2D eigenvalue weighted by Crippen LogP contribution is 1.89. The number of carbonyl (C=O) groups is 2. The Bertz CT molecular complexity index is 361. The maximum Gasteiger partial charge on any atom is 0.329 e. The summed E-state index contributed by atoms with van der Waals surface area (Å²) in [6, 6.07) is 0. The zero-order valence-corrected chi connectivity index (χ0v) is 8.21. The van der Waals surface area contributed by atoms with E-state index in [1.807, 2.05) is 0 Å². The second-order valence-electron chi connectivity index (χ2n) is 2.68. The molecule has 0 aliphatic heterocycles. The Morgan fingerprint density at radius 3 is 2.87 bits per heavy atom. The van der Waals surface area contributed by atoms with Crippen LogP contribution in [0.15, 0.2) is 0 Å². The zero-order valence-electron chi connectivity index (χ0n) is 8.21. The number of ether oxygens (including phenoxy) is 1. The molecule has 8 heteroatoms. The number of nitrogens with zero attached hydrogens (tertiary/aromatic N) is 4. The van der Waals surface area contributed by atoms with Crippen molar-refractivity contribution < 1.29 is 14.3 Å². The molecule has 0 radical (unpaired) electrons. The maximum absolute atomic E-state index is 11.0. The quantitative estimate of drug-likeness (QED) is 0.581. The van der Waals surface area contributed by atoms with Crippen LogP contribution in [-0.2, 0) is 27.3 Å². The smallest absolute Gasteiger partial charge is 0.329 e. The molecule has 1 aromatic heterocycles. The van der Waals surface area contributed by atoms with Gasteiger partial charge in [0.2, 0.25) is 5.91 Å². The number of primary amides is 1. The second-order valence-corrected chi connectivity index (χ2v) is 2.68. The van der Waals surface area contributed by atoms with Gasteiger partial charge in [-0.2, -0.15) is 4.80 Å². The normalized spacial score (nSPS) is 9.93. The van der Waals surface area contributed by atoms with Gasteiger partial charge in [0.05, 0.1) is 13.0 Å². The van der Waals surface area contributed by atoms with E-state index in [0.717, 1.165) is 4.80 Å². The van der Waals surface area contributed by atoms with Gasteiger partial charge in [0, 0.05) is 0 Å². The van der Waals surface area contributed by atoms with Gasteiger partial charge in [-0.25, -0.2) is 4.79 Å². The molecular formula is C7H11N5O3. The van der Waals surface area contributed by atoms with Crippen LogP contribution < -0.4 is 5.73 Å². The SMILES string of the molecule is CCOC(=O)Cn1nnc(CC(N)=O)n1. The molecule has 0 atom stereocenters. The standard InChI is InChI=1S/C7H11N5O3/c1-2-15-7(14)4-12-10-6(9-11-12)3-5(8)13/h2-4H2,1H3,(H2,8,13). The first kappa shape index (κ1) is 11.1. The van der Waals surface area contributed by atoms with Crippen LogP contribution in [0.25, 0.3) is 0 Å². The van der Waals surface area contributed by atoms with E-state index in [9.17, 15) is 9.59 Å². The summed E-state index contributed by atoms with van der Waals surface area (Å²) in [5, 5.41) is 10.9. The Hall–Kier alpha value is -1.99. The molecule has 1 rings (SSSR count). The van der Waals surface area contributed by atoms with Crippen LogP contribution >= 0.6 is 0 Å². The largest absolute Gasteiger partial charge is 0.465 e. The fourth-order valence-corrected chi connectivity index (χ4v) is 0.892. The van der Waals surface area contributed by atoms with Gasteiger partial charge < -0.3 is 10.5 Å². The van der Waals surface area contributed by atoms with Crippen LogP contribution in [-0.4, -0.2) is 38.7 Å². The van der Waals surface area contributed by atoms with Crippen molar-refractivity contribution in [2.45, 2.75) is 19.9 Å². The average Bonchev–Trinajstić information content (AvgIpc) is 2.51. The molecule has 0 aliphatic carbocycles. The molecule has 0 fully saturated rings. The van der Waals surface area contributed by atoms with Gasteiger partial charge in [-0.1, -0.05) is 0 Å². The monoisotopic (exact) mass is 213 g/mol. The number of rotatable bonds is 5. The van der Waals surface area contributed by atoms with Crippen molar-refractivity contribution >= 4 is 11.9 Å². The van der Waals surface area contributed by atoms with Crippen LogP contribution in [0.5, 0.6) is 0 Å². The summed E-state index contributed by atoms with van der Waals surface area (Å²) in [6.07, 6.45) is -0.0944.